The van der Waals surface area contributed by atoms with Crippen LogP contribution >= 0.6 is 0 Å². The van der Waals surface area contributed by atoms with Crippen molar-refractivity contribution in [1.82, 2.24) is 15.1 Å². The van der Waals surface area contributed by atoms with Gasteiger partial charge in [0.1, 0.15) is 0 Å². The van der Waals surface area contributed by atoms with Gasteiger partial charge in [-0.15, -0.1) is 0 Å². The minimum atomic E-state index is 0.750. The Bertz CT molecular complexity index is 194. The molecular formula is C14H31N3. The second kappa shape index (κ2) is 8.06. The quantitative estimate of drug-likeness (QED) is 0.731. The minimum absolute atomic E-state index is 0.750. The van der Waals surface area contributed by atoms with Gasteiger partial charge in [-0.1, -0.05) is 12.8 Å². The molecule has 1 fully saturated rings. The van der Waals surface area contributed by atoms with Gasteiger partial charge >= 0.3 is 0 Å². The van der Waals surface area contributed by atoms with Gasteiger partial charge in [-0.05, 0) is 66.5 Å². The average molecular weight is 241 g/mol. The highest BCUT2D eigenvalue weighted by atomic mass is 15.1. The predicted octanol–water partition coefficient (Wildman–Crippen LogP) is 1.65. The first-order valence-corrected chi connectivity index (χ1v) is 7.14. The molecule has 0 aromatic heterocycles. The molecule has 0 aromatic carbocycles. The normalized spacial score (nSPS) is 25.8. The summed E-state index contributed by atoms with van der Waals surface area (Å²) >= 11 is 0. The van der Waals surface area contributed by atoms with E-state index in [0.717, 1.165) is 12.0 Å². The molecule has 1 saturated carbocycles. The van der Waals surface area contributed by atoms with Crippen LogP contribution in [0.15, 0.2) is 0 Å². The molecule has 1 N–H and O–H groups in total. The van der Waals surface area contributed by atoms with Crippen LogP contribution in [0.5, 0.6) is 0 Å². The highest BCUT2D eigenvalue weighted by Gasteiger charge is 2.24. The van der Waals surface area contributed by atoms with Gasteiger partial charge in [0.2, 0.25) is 0 Å². The van der Waals surface area contributed by atoms with Crippen LogP contribution < -0.4 is 5.32 Å². The lowest BCUT2D eigenvalue weighted by Gasteiger charge is -2.34. The fourth-order valence-corrected chi connectivity index (χ4v) is 2.95. The van der Waals surface area contributed by atoms with Gasteiger partial charge < -0.3 is 15.1 Å². The van der Waals surface area contributed by atoms with Crippen molar-refractivity contribution in [2.45, 2.75) is 38.1 Å². The summed E-state index contributed by atoms with van der Waals surface area (Å²) in [4.78, 5) is 4.79. The smallest absolute Gasteiger partial charge is 0.0104 e. The lowest BCUT2D eigenvalue weighted by Crippen LogP contribution is -2.42. The molecule has 2 unspecified atom stereocenters. The molecule has 0 bridgehead atoms. The Hall–Kier alpha value is -0.120. The van der Waals surface area contributed by atoms with Crippen molar-refractivity contribution in [3.05, 3.63) is 0 Å². The number of hydrogen-bond donors (Lipinski definition) is 1. The van der Waals surface area contributed by atoms with E-state index in [1.54, 1.807) is 0 Å². The first-order chi connectivity index (χ1) is 8.13. The largest absolute Gasteiger partial charge is 0.317 e. The van der Waals surface area contributed by atoms with Gasteiger partial charge in [0.05, 0.1) is 0 Å². The third kappa shape index (κ3) is 5.84. The summed E-state index contributed by atoms with van der Waals surface area (Å²) in [5.74, 6) is 0.859. The molecule has 0 heterocycles. The lowest BCUT2D eigenvalue weighted by atomic mass is 9.84. The van der Waals surface area contributed by atoms with Crippen LogP contribution in [-0.2, 0) is 0 Å². The summed E-state index contributed by atoms with van der Waals surface area (Å²) in [6.45, 7) is 3.69. The van der Waals surface area contributed by atoms with Gasteiger partial charge in [0.15, 0.2) is 0 Å². The van der Waals surface area contributed by atoms with E-state index in [1.165, 1.54) is 51.7 Å². The Kier molecular flexibility index (Phi) is 7.09. The van der Waals surface area contributed by atoms with E-state index >= 15 is 0 Å². The van der Waals surface area contributed by atoms with Crippen LogP contribution in [0, 0.1) is 5.92 Å². The van der Waals surface area contributed by atoms with Crippen LogP contribution in [0.2, 0.25) is 0 Å². The summed E-state index contributed by atoms with van der Waals surface area (Å²) < 4.78 is 0. The molecule has 1 aliphatic rings. The zero-order valence-electron chi connectivity index (χ0n) is 12.2. The van der Waals surface area contributed by atoms with Crippen molar-refractivity contribution in [2.24, 2.45) is 5.92 Å². The molecule has 0 spiro atoms. The Balaban J connectivity index is 2.21. The average Bonchev–Trinajstić information content (AvgIpc) is 2.29. The van der Waals surface area contributed by atoms with Crippen molar-refractivity contribution in [3.8, 4) is 0 Å². The Morgan fingerprint density at radius 1 is 1.06 bits per heavy atom. The van der Waals surface area contributed by atoms with Crippen LogP contribution in [0.25, 0.3) is 0 Å². The van der Waals surface area contributed by atoms with E-state index in [-0.39, 0.29) is 0 Å². The number of nitrogens with one attached hydrogen (secondary N) is 1. The van der Waals surface area contributed by atoms with E-state index in [2.05, 4.69) is 43.3 Å². The molecule has 17 heavy (non-hydrogen) atoms. The highest BCUT2D eigenvalue weighted by Crippen LogP contribution is 2.24. The van der Waals surface area contributed by atoms with Crippen LogP contribution in [-0.4, -0.2) is 63.7 Å². The maximum absolute atomic E-state index is 3.50. The van der Waals surface area contributed by atoms with Gasteiger partial charge in [0.25, 0.3) is 0 Å². The summed E-state index contributed by atoms with van der Waals surface area (Å²) in [6.07, 6.45) is 6.89. The molecule has 1 rings (SSSR count). The molecule has 0 aliphatic heterocycles. The van der Waals surface area contributed by atoms with Crippen molar-refractivity contribution in [2.75, 3.05) is 47.8 Å². The summed E-state index contributed by atoms with van der Waals surface area (Å²) in [7, 11) is 8.70. The molecule has 3 nitrogen and oxygen atoms in total. The van der Waals surface area contributed by atoms with E-state index in [9.17, 15) is 0 Å². The van der Waals surface area contributed by atoms with E-state index in [0.29, 0.717) is 0 Å². The number of hydrogen-bond acceptors (Lipinski definition) is 3. The molecule has 0 aromatic rings. The Morgan fingerprint density at radius 3 is 2.41 bits per heavy atom. The van der Waals surface area contributed by atoms with Gasteiger partial charge in [-0.3, -0.25) is 0 Å². The SMILES string of the molecule is CNC1CCCCC1CN(C)CCCN(C)C. The first-order valence-electron chi connectivity index (χ1n) is 7.14. The second-order valence-corrected chi connectivity index (χ2v) is 5.86. The fraction of sp³-hybridized carbons (Fsp3) is 1.00. The maximum Gasteiger partial charge on any atom is 0.0104 e. The monoisotopic (exact) mass is 241 g/mol. The van der Waals surface area contributed by atoms with E-state index < -0.39 is 0 Å². The zero-order valence-corrected chi connectivity index (χ0v) is 12.2. The van der Waals surface area contributed by atoms with Crippen LogP contribution in [0.3, 0.4) is 0 Å². The summed E-state index contributed by atoms with van der Waals surface area (Å²) in [5.41, 5.74) is 0. The molecule has 3 heteroatoms. The summed E-state index contributed by atoms with van der Waals surface area (Å²) in [6, 6.07) is 0.750. The second-order valence-electron chi connectivity index (χ2n) is 5.86. The van der Waals surface area contributed by atoms with Crippen molar-refractivity contribution < 1.29 is 0 Å². The molecule has 1 aliphatic carbocycles. The molecule has 0 radical (unpaired) electrons. The number of nitrogens with zero attached hydrogens (tertiary/aromatic N) is 2. The van der Waals surface area contributed by atoms with E-state index in [1.807, 2.05) is 0 Å². The first kappa shape index (κ1) is 14.9. The summed E-state index contributed by atoms with van der Waals surface area (Å²) in [5, 5.41) is 3.50. The fourth-order valence-electron chi connectivity index (χ4n) is 2.95. The zero-order chi connectivity index (χ0) is 12.7. The topological polar surface area (TPSA) is 18.5 Å². The number of rotatable bonds is 7. The lowest BCUT2D eigenvalue weighted by molar-refractivity contribution is 0.190. The third-order valence-corrected chi connectivity index (χ3v) is 3.97. The van der Waals surface area contributed by atoms with Crippen molar-refractivity contribution in [3.63, 3.8) is 0 Å². The molecule has 2 atom stereocenters. The molecular weight excluding hydrogens is 210 g/mol. The maximum atomic E-state index is 3.50. The minimum Gasteiger partial charge on any atom is -0.317 e. The standard InChI is InChI=1S/C14H31N3/c1-15-14-9-6-5-8-13(14)12-17(4)11-7-10-16(2)3/h13-15H,5-12H2,1-4H3. The van der Waals surface area contributed by atoms with E-state index in [4.69, 9.17) is 0 Å². The molecule has 102 valence electrons. The van der Waals surface area contributed by atoms with Crippen molar-refractivity contribution in [1.29, 1.82) is 0 Å². The Morgan fingerprint density at radius 2 is 1.76 bits per heavy atom. The molecule has 0 saturated heterocycles. The van der Waals surface area contributed by atoms with Gasteiger partial charge in [0, 0.05) is 12.6 Å². The van der Waals surface area contributed by atoms with Crippen LogP contribution in [0.1, 0.15) is 32.1 Å². The molecule has 0 amide bonds. The van der Waals surface area contributed by atoms with Crippen molar-refractivity contribution >= 4 is 0 Å². The highest BCUT2D eigenvalue weighted by molar-refractivity contribution is 4.81. The van der Waals surface area contributed by atoms with Crippen LogP contribution in [0.4, 0.5) is 0 Å². The van der Waals surface area contributed by atoms with Gasteiger partial charge in [-0.2, -0.15) is 0 Å². The Labute approximate surface area is 108 Å². The predicted molar refractivity (Wildman–Crippen MR) is 75.5 cm³/mol. The third-order valence-electron chi connectivity index (χ3n) is 3.97. The van der Waals surface area contributed by atoms with Gasteiger partial charge in [-0.25, -0.2) is 0 Å².